The number of benzene rings is 3. The highest BCUT2D eigenvalue weighted by molar-refractivity contribution is 14.1. The molecule has 1 fully saturated rings. The maximum absolute atomic E-state index is 14.5. The number of alkyl halides is 1. The summed E-state index contributed by atoms with van der Waals surface area (Å²) in [5.74, 6) is -0.697. The molecule has 3 amide bonds. The summed E-state index contributed by atoms with van der Waals surface area (Å²) >= 11 is 2.24. The lowest BCUT2D eigenvalue weighted by Crippen LogP contribution is -2.59. The number of fused-ring (bicyclic) bond motifs is 2. The molecule has 0 saturated carbocycles. The van der Waals surface area contributed by atoms with E-state index >= 15 is 0 Å². The van der Waals surface area contributed by atoms with Crippen LogP contribution in [0.15, 0.2) is 90.2 Å². The fourth-order valence-electron chi connectivity index (χ4n) is 6.49. The second-order valence-corrected chi connectivity index (χ2v) is 13.1. The Kier molecular flexibility index (Phi) is 8.53. The highest BCUT2D eigenvalue weighted by atomic mass is 127. The third-order valence-electron chi connectivity index (χ3n) is 9.03. The molecular formula is C35H37IN6O3. The number of likely N-dealkylation sites (tertiary alicyclic amines) is 1. The molecule has 1 saturated heterocycles. The van der Waals surface area contributed by atoms with Crippen LogP contribution in [0.5, 0.6) is 0 Å². The predicted molar refractivity (Wildman–Crippen MR) is 184 cm³/mol. The maximum atomic E-state index is 14.5. The smallest absolute Gasteiger partial charge is 0.256 e. The summed E-state index contributed by atoms with van der Waals surface area (Å²) in [5, 5.41) is 10.1. The largest absolute Gasteiger partial charge is 0.361 e. The molecule has 0 radical (unpaired) electrons. The van der Waals surface area contributed by atoms with Gasteiger partial charge in [0, 0.05) is 65.6 Å². The Balaban J connectivity index is 1.32. The van der Waals surface area contributed by atoms with Crippen molar-refractivity contribution in [1.29, 1.82) is 0 Å². The van der Waals surface area contributed by atoms with Crippen molar-refractivity contribution in [3.05, 3.63) is 107 Å². The third-order valence-corrected chi connectivity index (χ3v) is 10.6. The number of amides is 3. The average molecular weight is 717 g/mol. The molecule has 232 valence electrons. The predicted octanol–water partition coefficient (Wildman–Crippen LogP) is 4.41. The monoisotopic (exact) mass is 716 g/mol. The zero-order valence-electron chi connectivity index (χ0n) is 25.4. The summed E-state index contributed by atoms with van der Waals surface area (Å²) in [4.78, 5) is 47.0. The van der Waals surface area contributed by atoms with Gasteiger partial charge in [-0.25, -0.2) is 5.01 Å². The lowest BCUT2D eigenvalue weighted by atomic mass is 9.73. The third kappa shape index (κ3) is 6.00. The quantitative estimate of drug-likeness (QED) is 0.176. The van der Waals surface area contributed by atoms with Crippen molar-refractivity contribution in [2.45, 2.75) is 37.8 Å². The number of hydrogen-bond acceptors (Lipinski definition) is 5. The molecular weight excluding hydrogens is 679 g/mol. The Morgan fingerprint density at radius 2 is 1.87 bits per heavy atom. The Morgan fingerprint density at radius 1 is 1.11 bits per heavy atom. The van der Waals surface area contributed by atoms with Gasteiger partial charge in [0.25, 0.3) is 11.8 Å². The molecule has 4 N–H and O–H groups in total. The van der Waals surface area contributed by atoms with Crippen molar-refractivity contribution in [2.75, 3.05) is 24.6 Å². The number of nitrogens with two attached hydrogens (primary N) is 1. The molecule has 0 spiro atoms. The molecule has 45 heavy (non-hydrogen) atoms. The summed E-state index contributed by atoms with van der Waals surface area (Å²) in [5.41, 5.74) is 9.91. The van der Waals surface area contributed by atoms with Crippen LogP contribution in [0.1, 0.15) is 40.4 Å². The number of carbonyl (C=O) groups excluding carboxylic acids is 3. The van der Waals surface area contributed by atoms with Gasteiger partial charge in [0.1, 0.15) is 11.5 Å². The number of rotatable bonds is 9. The molecule has 3 heterocycles. The highest BCUT2D eigenvalue weighted by Gasteiger charge is 2.53. The molecule has 2 aliphatic heterocycles. The van der Waals surface area contributed by atoms with Gasteiger partial charge in [0.15, 0.2) is 0 Å². The van der Waals surface area contributed by atoms with E-state index in [9.17, 15) is 14.4 Å². The fraction of sp³-hybridized carbons (Fsp3) is 0.314. The molecule has 10 heteroatoms. The number of carbonyl (C=O) groups is 3. The summed E-state index contributed by atoms with van der Waals surface area (Å²) in [6, 6.07) is 24.1. The van der Waals surface area contributed by atoms with Gasteiger partial charge in [-0.15, -0.1) is 0 Å². The number of halogens is 1. The van der Waals surface area contributed by atoms with Crippen LogP contribution in [-0.4, -0.2) is 68.9 Å². The van der Waals surface area contributed by atoms with Crippen molar-refractivity contribution in [2.24, 2.45) is 16.3 Å². The normalized spacial score (nSPS) is 20.0. The molecule has 9 nitrogen and oxygen atoms in total. The van der Waals surface area contributed by atoms with Crippen LogP contribution in [0.4, 0.5) is 0 Å². The Labute approximate surface area is 276 Å². The number of nitrogens with zero attached hydrogens (tertiary/aromatic N) is 3. The number of aromatic amines is 1. The van der Waals surface area contributed by atoms with Gasteiger partial charge in [-0.1, -0.05) is 83.3 Å². The van der Waals surface area contributed by atoms with E-state index in [1.54, 1.807) is 24.1 Å². The molecule has 3 atom stereocenters. The maximum Gasteiger partial charge on any atom is 0.256 e. The minimum atomic E-state index is -0.946. The summed E-state index contributed by atoms with van der Waals surface area (Å²) < 4.78 is 0.677. The van der Waals surface area contributed by atoms with Gasteiger partial charge < -0.3 is 20.9 Å². The first-order valence-corrected chi connectivity index (χ1v) is 16.6. The summed E-state index contributed by atoms with van der Waals surface area (Å²) in [6.07, 6.45) is 3.11. The second kappa shape index (κ2) is 12.4. The Hall–Kier alpha value is -4.03. The van der Waals surface area contributed by atoms with E-state index in [2.05, 4.69) is 38.0 Å². The number of para-hydroxylation sites is 1. The summed E-state index contributed by atoms with van der Waals surface area (Å²) in [6.45, 7) is 2.53. The van der Waals surface area contributed by atoms with E-state index in [0.29, 0.717) is 29.4 Å². The van der Waals surface area contributed by atoms with Gasteiger partial charge in [-0.2, -0.15) is 5.10 Å². The number of nitrogens with one attached hydrogen (secondary N) is 2. The zero-order chi connectivity index (χ0) is 31.8. The Morgan fingerprint density at radius 3 is 2.64 bits per heavy atom. The zero-order valence-corrected chi connectivity index (χ0v) is 27.6. The number of aromatic nitrogens is 1. The number of hydrogen-bond donors (Lipinski definition) is 3. The second-order valence-electron chi connectivity index (χ2n) is 12.4. The topological polar surface area (TPSA) is 124 Å². The van der Waals surface area contributed by atoms with Gasteiger partial charge in [0.2, 0.25) is 5.91 Å². The van der Waals surface area contributed by atoms with Gasteiger partial charge in [0.05, 0.1) is 5.71 Å². The van der Waals surface area contributed by atoms with Gasteiger partial charge >= 0.3 is 0 Å². The molecule has 4 aromatic rings. The fourth-order valence-corrected chi connectivity index (χ4v) is 6.93. The molecule has 0 aliphatic carbocycles. The molecule has 3 unspecified atom stereocenters. The van der Waals surface area contributed by atoms with Crippen LogP contribution in [0.3, 0.4) is 0 Å². The van der Waals surface area contributed by atoms with Crippen LogP contribution in [-0.2, 0) is 28.0 Å². The molecule has 2 aliphatic rings. The summed E-state index contributed by atoms with van der Waals surface area (Å²) in [7, 11) is 1.67. The van der Waals surface area contributed by atoms with Crippen molar-refractivity contribution < 1.29 is 14.4 Å². The van der Waals surface area contributed by atoms with Crippen LogP contribution >= 0.6 is 22.6 Å². The highest BCUT2D eigenvalue weighted by Crippen LogP contribution is 2.38. The van der Waals surface area contributed by atoms with Gasteiger partial charge in [-0.3, -0.25) is 14.4 Å². The van der Waals surface area contributed by atoms with E-state index in [1.165, 1.54) is 5.01 Å². The SMILES string of the molecule is CN1N=C2CCN(C(=O)C(Cc3c[nH]c4ccccc34)NC(=O)c3cccc(C(C)(N)CI)c3)CC2(Cc2ccccc2)C1=O. The van der Waals surface area contributed by atoms with Crippen molar-refractivity contribution in [3.8, 4) is 0 Å². The van der Waals surface area contributed by atoms with Crippen molar-refractivity contribution >= 4 is 56.9 Å². The van der Waals surface area contributed by atoms with E-state index in [1.807, 2.05) is 79.9 Å². The average Bonchev–Trinajstić information content (AvgIpc) is 3.57. The van der Waals surface area contributed by atoms with Crippen LogP contribution in [0, 0.1) is 5.41 Å². The first-order valence-electron chi connectivity index (χ1n) is 15.1. The van der Waals surface area contributed by atoms with Crippen LogP contribution in [0.25, 0.3) is 10.9 Å². The molecule has 0 bridgehead atoms. The first kappa shape index (κ1) is 31.0. The first-order chi connectivity index (χ1) is 21.6. The van der Waals surface area contributed by atoms with Crippen molar-refractivity contribution in [3.63, 3.8) is 0 Å². The molecule has 3 aromatic carbocycles. The van der Waals surface area contributed by atoms with Crippen molar-refractivity contribution in [1.82, 2.24) is 20.2 Å². The molecule has 6 rings (SSSR count). The molecule has 1 aromatic heterocycles. The van der Waals surface area contributed by atoms with Crippen LogP contribution in [0.2, 0.25) is 0 Å². The minimum absolute atomic E-state index is 0.118. The lowest BCUT2D eigenvalue weighted by molar-refractivity contribution is -0.140. The lowest BCUT2D eigenvalue weighted by Gasteiger charge is -2.40. The number of H-pyrrole nitrogens is 1. The Bertz CT molecular complexity index is 1780. The van der Waals surface area contributed by atoms with E-state index in [0.717, 1.165) is 33.3 Å². The number of hydrazone groups is 1. The standard InChI is InChI=1S/C35H37IN6O3/c1-34(37,21-36)26-12-8-11-24(17-26)31(43)39-29(18-25-20-38-28-14-7-6-13-27(25)28)32(44)42-16-15-30-35(22-42,33(45)41(2)40-30)19-23-9-4-3-5-10-23/h3-14,17,20,29,38H,15-16,18-19,21-22,37H2,1-2H3,(H,39,43). The number of piperidine rings is 1. The van der Waals surface area contributed by atoms with Gasteiger partial charge in [-0.05, 0) is 48.2 Å². The van der Waals surface area contributed by atoms with E-state index < -0.39 is 17.0 Å². The van der Waals surface area contributed by atoms with Crippen LogP contribution < -0.4 is 11.1 Å². The van der Waals surface area contributed by atoms with E-state index in [4.69, 9.17) is 5.73 Å². The van der Waals surface area contributed by atoms with E-state index in [-0.39, 0.29) is 30.7 Å². The minimum Gasteiger partial charge on any atom is -0.361 e.